The largest absolute Gasteiger partial charge is 0.478 e. The molecule has 0 bridgehead atoms. The van der Waals surface area contributed by atoms with Gasteiger partial charge >= 0.3 is 5.97 Å². The summed E-state index contributed by atoms with van der Waals surface area (Å²) in [7, 11) is 0. The summed E-state index contributed by atoms with van der Waals surface area (Å²) in [6, 6.07) is 3.82. The summed E-state index contributed by atoms with van der Waals surface area (Å²) in [5.74, 6) is -0.968. The molecule has 7 nitrogen and oxygen atoms in total. The third kappa shape index (κ3) is 4.43. The lowest BCUT2D eigenvalue weighted by molar-refractivity contribution is -0.163. The van der Waals surface area contributed by atoms with Gasteiger partial charge in [-0.15, -0.1) is 5.10 Å². The molecule has 0 radical (unpaired) electrons. The fraction of sp³-hybridized carbons (Fsp3) is 0.500. The van der Waals surface area contributed by atoms with Crippen molar-refractivity contribution in [3.8, 4) is 0 Å². The van der Waals surface area contributed by atoms with Crippen LogP contribution in [0.1, 0.15) is 36.8 Å². The first-order valence-corrected chi connectivity index (χ1v) is 8.62. The van der Waals surface area contributed by atoms with Crippen LogP contribution in [-0.4, -0.2) is 45.6 Å². The van der Waals surface area contributed by atoms with Crippen LogP contribution in [0.5, 0.6) is 0 Å². The Kier molecular flexibility index (Phi) is 5.78. The molecule has 0 saturated carbocycles. The van der Waals surface area contributed by atoms with Crippen LogP contribution in [0, 0.1) is 6.92 Å². The minimum atomic E-state index is -0.968. The highest BCUT2D eigenvalue weighted by molar-refractivity contribution is 5.88. The SMILES string of the molecule is Cc1c(/C=C/C(=O)O)ccc2c1nnn2CCCOC1CCCCO1. The van der Waals surface area contributed by atoms with E-state index < -0.39 is 5.97 Å². The molecule has 0 amide bonds. The molecule has 1 N–H and O–H groups in total. The summed E-state index contributed by atoms with van der Waals surface area (Å²) >= 11 is 0. The quantitative estimate of drug-likeness (QED) is 0.613. The predicted molar refractivity (Wildman–Crippen MR) is 93.1 cm³/mol. The molecule has 1 unspecified atom stereocenters. The third-order valence-electron chi connectivity index (χ3n) is 4.34. The highest BCUT2D eigenvalue weighted by Gasteiger charge is 2.14. The zero-order valence-electron chi connectivity index (χ0n) is 14.4. The number of rotatable bonds is 7. The van der Waals surface area contributed by atoms with E-state index in [0.29, 0.717) is 13.2 Å². The van der Waals surface area contributed by atoms with Gasteiger partial charge in [0.1, 0.15) is 5.52 Å². The summed E-state index contributed by atoms with van der Waals surface area (Å²) in [6.07, 6.45) is 6.73. The second-order valence-electron chi connectivity index (χ2n) is 6.15. The van der Waals surface area contributed by atoms with Crippen LogP contribution >= 0.6 is 0 Å². The van der Waals surface area contributed by atoms with Gasteiger partial charge < -0.3 is 14.6 Å². The van der Waals surface area contributed by atoms with Gasteiger partial charge in [0.15, 0.2) is 6.29 Å². The Hall–Kier alpha value is -2.25. The lowest BCUT2D eigenvalue weighted by Gasteiger charge is -2.22. The number of ether oxygens (including phenoxy) is 2. The van der Waals surface area contributed by atoms with E-state index in [9.17, 15) is 4.79 Å². The van der Waals surface area contributed by atoms with Gasteiger partial charge in [0, 0.05) is 19.2 Å². The van der Waals surface area contributed by atoms with E-state index in [0.717, 1.165) is 60.5 Å². The molecule has 1 fully saturated rings. The summed E-state index contributed by atoms with van der Waals surface area (Å²) in [4.78, 5) is 10.7. The molecule has 25 heavy (non-hydrogen) atoms. The van der Waals surface area contributed by atoms with Crippen LogP contribution in [0.3, 0.4) is 0 Å². The molecule has 2 heterocycles. The number of aryl methyl sites for hydroxylation is 2. The van der Waals surface area contributed by atoms with Gasteiger partial charge in [-0.3, -0.25) is 0 Å². The maximum absolute atomic E-state index is 10.7. The maximum atomic E-state index is 10.7. The Balaban J connectivity index is 1.60. The van der Waals surface area contributed by atoms with E-state index in [2.05, 4.69) is 10.3 Å². The monoisotopic (exact) mass is 345 g/mol. The van der Waals surface area contributed by atoms with Crippen LogP contribution < -0.4 is 0 Å². The molecular formula is C18H23N3O4. The first-order chi connectivity index (χ1) is 12.1. The zero-order chi connectivity index (χ0) is 17.6. The fourth-order valence-corrected chi connectivity index (χ4v) is 2.96. The molecule has 1 aromatic carbocycles. The van der Waals surface area contributed by atoms with E-state index in [1.54, 1.807) is 6.08 Å². The molecular weight excluding hydrogens is 322 g/mol. The van der Waals surface area contributed by atoms with Gasteiger partial charge in [-0.1, -0.05) is 11.3 Å². The van der Waals surface area contributed by atoms with Crippen molar-refractivity contribution in [3.05, 3.63) is 29.3 Å². The Morgan fingerprint density at radius 1 is 1.48 bits per heavy atom. The molecule has 3 rings (SSSR count). The summed E-state index contributed by atoms with van der Waals surface area (Å²) in [6.45, 7) is 4.06. The zero-order valence-corrected chi connectivity index (χ0v) is 14.4. The van der Waals surface area contributed by atoms with E-state index in [-0.39, 0.29) is 6.29 Å². The lowest BCUT2D eigenvalue weighted by Crippen LogP contribution is -2.23. The minimum absolute atomic E-state index is 0.0629. The van der Waals surface area contributed by atoms with E-state index in [1.165, 1.54) is 0 Å². The molecule has 1 aromatic heterocycles. The normalized spacial score (nSPS) is 18.2. The van der Waals surface area contributed by atoms with E-state index in [4.69, 9.17) is 14.6 Å². The van der Waals surface area contributed by atoms with Crippen molar-refractivity contribution in [2.45, 2.75) is 45.4 Å². The standard InChI is InChI=1S/C18H23N3O4/c1-13-14(7-9-16(22)23)6-8-15-18(13)19-20-21(15)10-4-12-25-17-5-2-3-11-24-17/h6-9,17H,2-5,10-12H2,1H3,(H,22,23)/b9-7+. The van der Waals surface area contributed by atoms with Gasteiger partial charge in [0.25, 0.3) is 0 Å². The number of carboxylic acids is 1. The van der Waals surface area contributed by atoms with Crippen molar-refractivity contribution in [3.63, 3.8) is 0 Å². The summed E-state index contributed by atoms with van der Waals surface area (Å²) in [5, 5.41) is 17.2. The number of fused-ring (bicyclic) bond motifs is 1. The second-order valence-corrected chi connectivity index (χ2v) is 6.15. The first-order valence-electron chi connectivity index (χ1n) is 8.62. The average molecular weight is 345 g/mol. The van der Waals surface area contributed by atoms with E-state index in [1.807, 2.05) is 23.7 Å². The summed E-state index contributed by atoms with van der Waals surface area (Å²) < 4.78 is 13.2. The van der Waals surface area contributed by atoms with Gasteiger partial charge in [-0.05, 0) is 55.9 Å². The van der Waals surface area contributed by atoms with E-state index >= 15 is 0 Å². The van der Waals surface area contributed by atoms with Crippen molar-refractivity contribution in [2.75, 3.05) is 13.2 Å². The van der Waals surface area contributed by atoms with Crippen molar-refractivity contribution >= 4 is 23.1 Å². The molecule has 1 saturated heterocycles. The second kappa shape index (κ2) is 8.22. The number of carboxylic acid groups (broad SMARTS) is 1. The number of carbonyl (C=O) groups is 1. The Morgan fingerprint density at radius 3 is 3.12 bits per heavy atom. The molecule has 1 atom stereocenters. The maximum Gasteiger partial charge on any atom is 0.328 e. The Morgan fingerprint density at radius 2 is 2.36 bits per heavy atom. The molecule has 1 aliphatic heterocycles. The highest BCUT2D eigenvalue weighted by atomic mass is 16.7. The Labute approximate surface area is 146 Å². The number of hydrogen-bond acceptors (Lipinski definition) is 5. The van der Waals surface area contributed by atoms with Crippen LogP contribution in [0.4, 0.5) is 0 Å². The van der Waals surface area contributed by atoms with Crippen LogP contribution in [0.25, 0.3) is 17.1 Å². The summed E-state index contributed by atoms with van der Waals surface area (Å²) in [5.41, 5.74) is 3.50. The molecule has 1 aliphatic rings. The highest BCUT2D eigenvalue weighted by Crippen LogP contribution is 2.21. The van der Waals surface area contributed by atoms with Gasteiger partial charge in [0.05, 0.1) is 12.1 Å². The minimum Gasteiger partial charge on any atom is -0.478 e. The molecule has 134 valence electrons. The molecule has 0 spiro atoms. The van der Waals surface area contributed by atoms with Crippen LogP contribution in [0.15, 0.2) is 18.2 Å². The Bertz CT molecular complexity index is 763. The smallest absolute Gasteiger partial charge is 0.328 e. The fourth-order valence-electron chi connectivity index (χ4n) is 2.96. The topological polar surface area (TPSA) is 86.5 Å². The number of nitrogens with zero attached hydrogens (tertiary/aromatic N) is 3. The number of aromatic nitrogens is 3. The van der Waals surface area contributed by atoms with Crippen molar-refractivity contribution < 1.29 is 19.4 Å². The number of benzene rings is 1. The molecule has 7 heteroatoms. The van der Waals surface area contributed by atoms with Crippen molar-refractivity contribution in [1.82, 2.24) is 15.0 Å². The van der Waals surface area contributed by atoms with Crippen molar-refractivity contribution in [2.24, 2.45) is 0 Å². The van der Waals surface area contributed by atoms with Crippen LogP contribution in [-0.2, 0) is 20.8 Å². The van der Waals surface area contributed by atoms with Gasteiger partial charge in [0.2, 0.25) is 0 Å². The molecule has 0 aliphatic carbocycles. The predicted octanol–water partition coefficient (Wildman–Crippen LogP) is 2.77. The van der Waals surface area contributed by atoms with Gasteiger partial charge in [-0.25, -0.2) is 9.48 Å². The number of aliphatic carboxylic acids is 1. The van der Waals surface area contributed by atoms with Crippen molar-refractivity contribution in [1.29, 1.82) is 0 Å². The number of hydrogen-bond donors (Lipinski definition) is 1. The first kappa shape index (κ1) is 17.6. The average Bonchev–Trinajstić information content (AvgIpc) is 3.03. The van der Waals surface area contributed by atoms with Gasteiger partial charge in [-0.2, -0.15) is 0 Å². The lowest BCUT2D eigenvalue weighted by atomic mass is 10.1. The third-order valence-corrected chi connectivity index (χ3v) is 4.34. The van der Waals surface area contributed by atoms with Crippen LogP contribution in [0.2, 0.25) is 0 Å². The molecule has 2 aromatic rings.